The quantitative estimate of drug-likeness (QED) is 0.702. The van der Waals surface area contributed by atoms with Crippen LogP contribution in [0.15, 0.2) is 35.3 Å². The van der Waals surface area contributed by atoms with Gasteiger partial charge in [-0.05, 0) is 30.3 Å². The van der Waals surface area contributed by atoms with Gasteiger partial charge in [0, 0.05) is 12.6 Å². The number of halogens is 1. The summed E-state index contributed by atoms with van der Waals surface area (Å²) in [7, 11) is 6.22. The molecule has 0 radical (unpaired) electrons. The number of rotatable bonds is 4. The van der Waals surface area contributed by atoms with E-state index in [0.717, 1.165) is 5.52 Å². The van der Waals surface area contributed by atoms with Crippen LogP contribution in [0, 0.1) is 5.82 Å². The molecule has 0 spiro atoms. The van der Waals surface area contributed by atoms with Gasteiger partial charge in [0.1, 0.15) is 5.82 Å². The van der Waals surface area contributed by atoms with Crippen molar-refractivity contribution in [3.05, 3.63) is 46.5 Å². The number of ether oxygens (including phenoxy) is 3. The number of aryl methyl sites for hydroxylation is 1. The normalized spacial score (nSPS) is 11.7. The molecule has 26 heavy (non-hydrogen) atoms. The van der Waals surface area contributed by atoms with E-state index in [1.165, 1.54) is 44.8 Å². The number of carbonyl (C=O) groups excluding carboxylic acids is 1. The lowest BCUT2D eigenvalue weighted by molar-refractivity contribution is 0.0997. The highest BCUT2D eigenvalue weighted by Gasteiger charge is 2.17. The van der Waals surface area contributed by atoms with Crippen LogP contribution in [-0.4, -0.2) is 31.8 Å². The van der Waals surface area contributed by atoms with E-state index in [4.69, 9.17) is 14.2 Å². The Labute approximate surface area is 153 Å². The third-order valence-corrected chi connectivity index (χ3v) is 4.97. The van der Waals surface area contributed by atoms with Crippen LogP contribution < -0.4 is 19.0 Å². The zero-order valence-electron chi connectivity index (χ0n) is 14.7. The molecule has 6 nitrogen and oxygen atoms in total. The second-order valence-corrected chi connectivity index (χ2v) is 6.40. The van der Waals surface area contributed by atoms with Gasteiger partial charge in [0.25, 0.3) is 5.91 Å². The lowest BCUT2D eigenvalue weighted by Gasteiger charge is -2.12. The summed E-state index contributed by atoms with van der Waals surface area (Å²) in [6.45, 7) is 0. The minimum atomic E-state index is -0.466. The van der Waals surface area contributed by atoms with Crippen molar-refractivity contribution in [2.45, 2.75) is 0 Å². The number of nitrogens with zero attached hydrogens (tertiary/aromatic N) is 2. The maximum atomic E-state index is 13.4. The highest BCUT2D eigenvalue weighted by molar-refractivity contribution is 7.16. The lowest BCUT2D eigenvalue weighted by atomic mass is 10.1. The fourth-order valence-corrected chi connectivity index (χ4v) is 3.61. The molecule has 0 N–H and O–H groups in total. The summed E-state index contributed by atoms with van der Waals surface area (Å²) < 4.78 is 31.6. The number of methoxy groups -OCH3 is 3. The van der Waals surface area contributed by atoms with E-state index in [9.17, 15) is 9.18 Å². The molecule has 0 unspecified atom stereocenters. The van der Waals surface area contributed by atoms with Crippen molar-refractivity contribution in [1.29, 1.82) is 0 Å². The van der Waals surface area contributed by atoms with Crippen LogP contribution in [0.25, 0.3) is 10.2 Å². The third kappa shape index (κ3) is 3.15. The number of aromatic nitrogens is 1. The van der Waals surface area contributed by atoms with Gasteiger partial charge in [-0.1, -0.05) is 11.3 Å². The van der Waals surface area contributed by atoms with Crippen molar-refractivity contribution in [2.24, 2.45) is 12.0 Å². The highest BCUT2D eigenvalue weighted by Crippen LogP contribution is 2.38. The Morgan fingerprint density at radius 1 is 1.08 bits per heavy atom. The van der Waals surface area contributed by atoms with E-state index in [1.807, 2.05) is 0 Å². The van der Waals surface area contributed by atoms with Gasteiger partial charge in [0.2, 0.25) is 5.75 Å². The highest BCUT2D eigenvalue weighted by atomic mass is 32.1. The van der Waals surface area contributed by atoms with E-state index in [1.54, 1.807) is 29.8 Å². The van der Waals surface area contributed by atoms with Gasteiger partial charge in [-0.25, -0.2) is 4.39 Å². The molecule has 3 aromatic rings. The Morgan fingerprint density at radius 3 is 2.31 bits per heavy atom. The maximum Gasteiger partial charge on any atom is 0.279 e. The van der Waals surface area contributed by atoms with Gasteiger partial charge in [-0.15, -0.1) is 0 Å². The first kappa shape index (κ1) is 17.9. The summed E-state index contributed by atoms with van der Waals surface area (Å²) in [5.41, 5.74) is 1.09. The number of fused-ring (bicyclic) bond motifs is 1. The Balaban J connectivity index is 2.10. The number of hydrogen-bond donors (Lipinski definition) is 0. The van der Waals surface area contributed by atoms with E-state index in [0.29, 0.717) is 32.3 Å². The first-order valence-corrected chi connectivity index (χ1v) is 8.44. The molecule has 0 bridgehead atoms. The summed E-state index contributed by atoms with van der Waals surface area (Å²) in [6.07, 6.45) is 0. The zero-order chi connectivity index (χ0) is 18.8. The number of thiazole rings is 1. The van der Waals surface area contributed by atoms with Gasteiger partial charge in [0.05, 0.1) is 31.5 Å². The molecule has 1 amide bonds. The van der Waals surface area contributed by atoms with Crippen LogP contribution in [0.4, 0.5) is 4.39 Å². The van der Waals surface area contributed by atoms with Crippen LogP contribution in [0.2, 0.25) is 0 Å². The molecule has 0 aliphatic carbocycles. The van der Waals surface area contributed by atoms with Gasteiger partial charge in [-0.2, -0.15) is 4.99 Å². The molecule has 0 aliphatic rings. The van der Waals surface area contributed by atoms with Gasteiger partial charge in [-0.3, -0.25) is 4.79 Å². The SMILES string of the molecule is COc1cc(C(=O)N=c2sc3cc(F)ccc3n2C)cc(OC)c1OC. The second-order valence-electron chi connectivity index (χ2n) is 5.39. The zero-order valence-corrected chi connectivity index (χ0v) is 15.5. The van der Waals surface area contributed by atoms with E-state index in [2.05, 4.69) is 4.99 Å². The average molecular weight is 376 g/mol. The number of hydrogen-bond acceptors (Lipinski definition) is 5. The van der Waals surface area contributed by atoms with E-state index in [-0.39, 0.29) is 5.82 Å². The van der Waals surface area contributed by atoms with Crippen LogP contribution >= 0.6 is 11.3 Å². The molecule has 0 saturated heterocycles. The first-order chi connectivity index (χ1) is 12.5. The third-order valence-electron chi connectivity index (χ3n) is 3.88. The molecule has 2 aromatic carbocycles. The summed E-state index contributed by atoms with van der Waals surface area (Å²) in [6, 6.07) is 7.53. The fraction of sp³-hybridized carbons (Fsp3) is 0.222. The predicted molar refractivity (Wildman–Crippen MR) is 96.7 cm³/mol. The largest absolute Gasteiger partial charge is 0.493 e. The van der Waals surface area contributed by atoms with Crippen LogP contribution in [-0.2, 0) is 7.05 Å². The second kappa shape index (κ2) is 7.17. The summed E-state index contributed by atoms with van der Waals surface area (Å²) in [5, 5.41) is 0. The van der Waals surface area contributed by atoms with Crippen molar-refractivity contribution < 1.29 is 23.4 Å². The van der Waals surface area contributed by atoms with Crippen molar-refractivity contribution in [3.8, 4) is 17.2 Å². The number of benzene rings is 2. The molecule has 3 rings (SSSR count). The Morgan fingerprint density at radius 2 is 1.73 bits per heavy atom. The summed E-state index contributed by atoms with van der Waals surface area (Å²) in [5.74, 6) is 0.338. The standard InChI is InChI=1S/C18H17FN2O4S/c1-21-12-6-5-11(19)9-15(12)26-18(21)20-17(22)10-7-13(23-2)16(25-4)14(8-10)24-3/h5-9H,1-4H3. The summed E-state index contributed by atoms with van der Waals surface area (Å²) in [4.78, 5) is 17.3. The number of amides is 1. The van der Waals surface area contributed by atoms with Crippen molar-refractivity contribution in [3.63, 3.8) is 0 Å². The van der Waals surface area contributed by atoms with E-state index >= 15 is 0 Å². The molecular weight excluding hydrogens is 359 g/mol. The number of carbonyl (C=O) groups is 1. The first-order valence-electron chi connectivity index (χ1n) is 7.62. The molecule has 0 atom stereocenters. The molecule has 8 heteroatoms. The average Bonchev–Trinajstić information content (AvgIpc) is 2.94. The predicted octanol–water partition coefficient (Wildman–Crippen LogP) is 3.15. The van der Waals surface area contributed by atoms with Crippen LogP contribution in [0.5, 0.6) is 17.2 Å². The molecule has 0 aliphatic heterocycles. The Hall–Kier alpha value is -2.87. The van der Waals surface area contributed by atoms with Crippen molar-refractivity contribution in [2.75, 3.05) is 21.3 Å². The van der Waals surface area contributed by atoms with Gasteiger partial charge >= 0.3 is 0 Å². The fourth-order valence-electron chi connectivity index (χ4n) is 2.57. The molecule has 136 valence electrons. The van der Waals surface area contributed by atoms with Gasteiger partial charge < -0.3 is 18.8 Å². The molecular formula is C18H17FN2O4S. The van der Waals surface area contributed by atoms with Crippen molar-refractivity contribution in [1.82, 2.24) is 4.57 Å². The van der Waals surface area contributed by atoms with Crippen molar-refractivity contribution >= 4 is 27.5 Å². The van der Waals surface area contributed by atoms with Gasteiger partial charge in [0.15, 0.2) is 16.3 Å². The minimum absolute atomic E-state index is 0.295. The molecule has 0 fully saturated rings. The summed E-state index contributed by atoms with van der Waals surface area (Å²) >= 11 is 1.24. The smallest absolute Gasteiger partial charge is 0.279 e. The Kier molecular flexibility index (Phi) is 4.94. The minimum Gasteiger partial charge on any atom is -0.493 e. The van der Waals surface area contributed by atoms with Crippen LogP contribution in [0.3, 0.4) is 0 Å². The van der Waals surface area contributed by atoms with E-state index < -0.39 is 5.91 Å². The lowest BCUT2D eigenvalue weighted by Crippen LogP contribution is -2.13. The molecule has 1 heterocycles. The molecule has 0 saturated carbocycles. The monoisotopic (exact) mass is 376 g/mol. The topological polar surface area (TPSA) is 62.0 Å². The maximum absolute atomic E-state index is 13.4. The Bertz CT molecular complexity index is 1030. The molecule has 1 aromatic heterocycles. The van der Waals surface area contributed by atoms with Crippen LogP contribution in [0.1, 0.15) is 10.4 Å².